The Bertz CT molecular complexity index is 401. The Morgan fingerprint density at radius 2 is 2.42 bits per heavy atom. The SMILES string of the molecule is CN=C(NCc1ccsc1)N1CCSC(C(C)C)C1. The molecule has 1 saturated heterocycles. The zero-order chi connectivity index (χ0) is 13.7. The summed E-state index contributed by atoms with van der Waals surface area (Å²) in [5.41, 5.74) is 1.33. The van der Waals surface area contributed by atoms with Crippen LogP contribution in [0.2, 0.25) is 0 Å². The van der Waals surface area contributed by atoms with E-state index in [1.165, 1.54) is 11.3 Å². The largest absolute Gasteiger partial charge is 0.352 e. The first kappa shape index (κ1) is 14.7. The highest BCUT2D eigenvalue weighted by Gasteiger charge is 2.24. The molecule has 0 bridgehead atoms. The van der Waals surface area contributed by atoms with Gasteiger partial charge < -0.3 is 10.2 Å². The normalized spacial score (nSPS) is 20.9. The first-order valence-corrected chi connectivity index (χ1v) is 8.78. The van der Waals surface area contributed by atoms with Gasteiger partial charge in [0.1, 0.15) is 0 Å². The maximum absolute atomic E-state index is 4.43. The van der Waals surface area contributed by atoms with E-state index in [0.29, 0.717) is 5.25 Å². The third kappa shape index (κ3) is 4.14. The van der Waals surface area contributed by atoms with Crippen molar-refractivity contribution in [1.82, 2.24) is 10.2 Å². The summed E-state index contributed by atoms with van der Waals surface area (Å²) in [6.45, 7) is 7.68. The Balaban J connectivity index is 1.90. The lowest BCUT2D eigenvalue weighted by atomic mass is 10.1. The van der Waals surface area contributed by atoms with Gasteiger partial charge in [0.25, 0.3) is 0 Å². The van der Waals surface area contributed by atoms with Gasteiger partial charge in [-0.15, -0.1) is 0 Å². The molecule has 3 nitrogen and oxygen atoms in total. The van der Waals surface area contributed by atoms with Gasteiger partial charge in [-0.3, -0.25) is 4.99 Å². The van der Waals surface area contributed by atoms with Gasteiger partial charge in [-0.1, -0.05) is 13.8 Å². The molecule has 1 N–H and O–H groups in total. The maximum atomic E-state index is 4.43. The van der Waals surface area contributed by atoms with E-state index in [1.807, 2.05) is 7.05 Å². The van der Waals surface area contributed by atoms with Gasteiger partial charge in [-0.05, 0) is 28.3 Å². The lowest BCUT2D eigenvalue weighted by molar-refractivity contribution is 0.381. The molecule has 1 fully saturated rings. The molecule has 1 atom stereocenters. The Kier molecular flexibility index (Phi) is 5.58. The van der Waals surface area contributed by atoms with Gasteiger partial charge in [-0.2, -0.15) is 23.1 Å². The van der Waals surface area contributed by atoms with Crippen molar-refractivity contribution in [3.8, 4) is 0 Å². The van der Waals surface area contributed by atoms with Gasteiger partial charge in [0.2, 0.25) is 0 Å². The highest BCUT2D eigenvalue weighted by Crippen LogP contribution is 2.24. The predicted molar refractivity (Wildman–Crippen MR) is 87.2 cm³/mol. The monoisotopic (exact) mass is 297 g/mol. The topological polar surface area (TPSA) is 27.6 Å². The average Bonchev–Trinajstić information content (AvgIpc) is 2.93. The summed E-state index contributed by atoms with van der Waals surface area (Å²) >= 11 is 3.84. The molecular weight excluding hydrogens is 274 g/mol. The summed E-state index contributed by atoms with van der Waals surface area (Å²) < 4.78 is 0. The van der Waals surface area contributed by atoms with E-state index in [1.54, 1.807) is 11.3 Å². The van der Waals surface area contributed by atoms with Gasteiger partial charge in [0.15, 0.2) is 5.96 Å². The van der Waals surface area contributed by atoms with Crippen LogP contribution in [0.1, 0.15) is 19.4 Å². The molecule has 0 aliphatic carbocycles. The van der Waals surface area contributed by atoms with Crippen LogP contribution in [0.4, 0.5) is 0 Å². The minimum atomic E-state index is 0.716. The summed E-state index contributed by atoms with van der Waals surface area (Å²) in [6, 6.07) is 2.16. The van der Waals surface area contributed by atoms with Crippen LogP contribution in [0.3, 0.4) is 0 Å². The minimum absolute atomic E-state index is 0.716. The number of nitrogens with one attached hydrogen (secondary N) is 1. The second-order valence-corrected chi connectivity index (χ2v) is 7.26. The molecule has 0 saturated carbocycles. The molecule has 1 aliphatic heterocycles. The number of aliphatic imine (C=N–C) groups is 1. The zero-order valence-electron chi connectivity index (χ0n) is 11.9. The van der Waals surface area contributed by atoms with Crippen molar-refractivity contribution in [3.63, 3.8) is 0 Å². The molecule has 0 radical (unpaired) electrons. The molecule has 0 amide bonds. The fourth-order valence-corrected chi connectivity index (χ4v) is 4.15. The maximum Gasteiger partial charge on any atom is 0.193 e. The number of rotatable bonds is 3. The highest BCUT2D eigenvalue weighted by atomic mass is 32.2. The molecule has 1 aliphatic rings. The lowest BCUT2D eigenvalue weighted by Gasteiger charge is -2.36. The number of hydrogen-bond donors (Lipinski definition) is 1. The smallest absolute Gasteiger partial charge is 0.193 e. The molecule has 5 heteroatoms. The molecule has 0 spiro atoms. The summed E-state index contributed by atoms with van der Waals surface area (Å²) in [7, 11) is 1.88. The van der Waals surface area contributed by atoms with Gasteiger partial charge in [0, 0.05) is 37.7 Å². The van der Waals surface area contributed by atoms with E-state index < -0.39 is 0 Å². The Morgan fingerprint density at radius 1 is 1.58 bits per heavy atom. The van der Waals surface area contributed by atoms with Crippen LogP contribution in [-0.4, -0.2) is 42.0 Å². The average molecular weight is 297 g/mol. The van der Waals surface area contributed by atoms with Crippen molar-refractivity contribution in [2.45, 2.75) is 25.6 Å². The van der Waals surface area contributed by atoms with Crippen LogP contribution in [0.25, 0.3) is 0 Å². The second-order valence-electron chi connectivity index (χ2n) is 5.13. The standard InChI is InChI=1S/C14H23N3S2/c1-11(2)13-9-17(5-7-19-13)14(15-3)16-8-12-4-6-18-10-12/h4,6,10-11,13H,5,7-9H2,1-3H3,(H,15,16). The molecule has 2 heterocycles. The Morgan fingerprint density at radius 3 is 3.05 bits per heavy atom. The molecule has 1 unspecified atom stereocenters. The second kappa shape index (κ2) is 7.20. The van der Waals surface area contributed by atoms with E-state index >= 15 is 0 Å². The zero-order valence-corrected chi connectivity index (χ0v) is 13.6. The van der Waals surface area contributed by atoms with Crippen molar-refractivity contribution < 1.29 is 0 Å². The third-order valence-corrected chi connectivity index (χ3v) is 5.65. The first-order valence-electron chi connectivity index (χ1n) is 6.79. The van der Waals surface area contributed by atoms with E-state index in [9.17, 15) is 0 Å². The van der Waals surface area contributed by atoms with Crippen molar-refractivity contribution in [3.05, 3.63) is 22.4 Å². The van der Waals surface area contributed by atoms with Gasteiger partial charge >= 0.3 is 0 Å². The predicted octanol–water partition coefficient (Wildman–Crippen LogP) is 2.90. The summed E-state index contributed by atoms with van der Waals surface area (Å²) in [5, 5.41) is 8.49. The number of thioether (sulfide) groups is 1. The summed E-state index contributed by atoms with van der Waals surface area (Å²) in [5.74, 6) is 2.96. The fraction of sp³-hybridized carbons (Fsp3) is 0.643. The molecule has 1 aromatic rings. The molecule has 106 valence electrons. The van der Waals surface area contributed by atoms with Crippen LogP contribution in [0.5, 0.6) is 0 Å². The van der Waals surface area contributed by atoms with Crippen LogP contribution < -0.4 is 5.32 Å². The lowest BCUT2D eigenvalue weighted by Crippen LogP contribution is -2.48. The summed E-state index contributed by atoms with van der Waals surface area (Å²) in [4.78, 5) is 6.83. The van der Waals surface area contributed by atoms with Crippen molar-refractivity contribution >= 4 is 29.1 Å². The van der Waals surface area contributed by atoms with Gasteiger partial charge in [-0.25, -0.2) is 0 Å². The fourth-order valence-electron chi connectivity index (χ4n) is 2.18. The molecule has 2 rings (SSSR count). The number of thiophene rings is 1. The Hall–Kier alpha value is -0.680. The third-order valence-electron chi connectivity index (χ3n) is 3.38. The number of guanidine groups is 1. The number of hydrogen-bond acceptors (Lipinski definition) is 3. The number of nitrogens with zero attached hydrogens (tertiary/aromatic N) is 2. The van der Waals surface area contributed by atoms with Crippen molar-refractivity contribution in [2.75, 3.05) is 25.9 Å². The van der Waals surface area contributed by atoms with Gasteiger partial charge in [0.05, 0.1) is 0 Å². The van der Waals surface area contributed by atoms with E-state index in [0.717, 1.165) is 31.5 Å². The van der Waals surface area contributed by atoms with E-state index in [4.69, 9.17) is 0 Å². The van der Waals surface area contributed by atoms with E-state index in [2.05, 4.69) is 57.6 Å². The molecular formula is C14H23N3S2. The highest BCUT2D eigenvalue weighted by molar-refractivity contribution is 8.00. The van der Waals surface area contributed by atoms with Crippen LogP contribution in [-0.2, 0) is 6.54 Å². The van der Waals surface area contributed by atoms with E-state index in [-0.39, 0.29) is 0 Å². The van der Waals surface area contributed by atoms with Crippen molar-refractivity contribution in [1.29, 1.82) is 0 Å². The molecule has 1 aromatic heterocycles. The minimum Gasteiger partial charge on any atom is -0.352 e. The Labute approximate surface area is 124 Å². The van der Waals surface area contributed by atoms with Crippen LogP contribution in [0.15, 0.2) is 21.8 Å². The summed E-state index contributed by atoms with van der Waals surface area (Å²) in [6.07, 6.45) is 0. The first-order chi connectivity index (χ1) is 9.20. The van der Waals surface area contributed by atoms with Crippen LogP contribution >= 0.6 is 23.1 Å². The quantitative estimate of drug-likeness (QED) is 0.687. The molecule has 0 aromatic carbocycles. The van der Waals surface area contributed by atoms with Crippen LogP contribution in [0, 0.1) is 5.92 Å². The van der Waals surface area contributed by atoms with Crippen molar-refractivity contribution in [2.24, 2.45) is 10.9 Å². The molecule has 19 heavy (non-hydrogen) atoms.